The molecule has 0 amide bonds. The molecule has 0 fully saturated rings. The number of nitrogens with two attached hydrogens (primary N) is 1. The minimum Gasteiger partial charge on any atom is -0.321 e. The van der Waals surface area contributed by atoms with E-state index in [1.54, 1.807) is 0 Å². The van der Waals surface area contributed by atoms with E-state index in [1.165, 1.54) is 0 Å². The van der Waals surface area contributed by atoms with Crippen LogP contribution in [0.5, 0.6) is 0 Å². The maximum atomic E-state index is 12.1. The van der Waals surface area contributed by atoms with Crippen LogP contribution in [0.25, 0.3) is 0 Å². The Morgan fingerprint density at radius 1 is 1.33 bits per heavy atom. The summed E-state index contributed by atoms with van der Waals surface area (Å²) in [7, 11) is 0. The second-order valence-corrected chi connectivity index (χ2v) is 2.84. The summed E-state index contributed by atoms with van der Waals surface area (Å²) in [6.07, 6.45) is -2.31. The molecule has 7 heteroatoms. The summed E-state index contributed by atoms with van der Waals surface area (Å²) in [6, 6.07) is -0.405. The highest BCUT2D eigenvalue weighted by Gasteiger charge is 2.31. The Morgan fingerprint density at radius 2 is 1.80 bits per heavy atom. The molecule has 0 aromatic carbocycles. The number of alkyl halides is 3. The minimum atomic E-state index is -4.39. The van der Waals surface area contributed by atoms with E-state index in [4.69, 9.17) is 5.73 Å². The summed E-state index contributed by atoms with van der Waals surface area (Å²) < 4.78 is 36.3. The number of nitrogens with zero attached hydrogens (tertiary/aromatic N) is 2. The normalized spacial score (nSPS) is 13.1. The Morgan fingerprint density at radius 3 is 2.13 bits per heavy atom. The maximum absolute atomic E-state index is 12.1. The lowest BCUT2D eigenvalue weighted by atomic mass is 10.2. The third kappa shape index (κ3) is 3.64. The van der Waals surface area contributed by atoms with Crippen LogP contribution in [-0.4, -0.2) is 9.97 Å². The standard InChI is InChI=1S/C8H10F3N3.ClH/c1-2-6(12)7-13-3-5(4-14-7)8(9,10)11;/h3-4,6H,2,12H2,1H3;1H/t6-;/m1./s1. The van der Waals surface area contributed by atoms with Gasteiger partial charge in [0.2, 0.25) is 0 Å². The van der Waals surface area contributed by atoms with Crippen LogP contribution >= 0.6 is 12.4 Å². The molecule has 2 N–H and O–H groups in total. The lowest BCUT2D eigenvalue weighted by molar-refractivity contribution is -0.138. The molecule has 3 nitrogen and oxygen atoms in total. The molecule has 1 aromatic heterocycles. The molecule has 1 heterocycles. The molecule has 0 unspecified atom stereocenters. The summed E-state index contributed by atoms with van der Waals surface area (Å²) in [5, 5.41) is 0. The van der Waals surface area contributed by atoms with Gasteiger partial charge < -0.3 is 5.73 Å². The summed E-state index contributed by atoms with van der Waals surface area (Å²) in [6.45, 7) is 1.81. The van der Waals surface area contributed by atoms with E-state index in [1.807, 2.05) is 6.92 Å². The van der Waals surface area contributed by atoms with E-state index >= 15 is 0 Å². The Labute approximate surface area is 91.3 Å². The highest BCUT2D eigenvalue weighted by atomic mass is 35.5. The molecule has 1 rings (SSSR count). The first-order chi connectivity index (χ1) is 6.45. The minimum absolute atomic E-state index is 0. The highest BCUT2D eigenvalue weighted by molar-refractivity contribution is 5.85. The van der Waals surface area contributed by atoms with Crippen molar-refractivity contribution in [1.82, 2.24) is 9.97 Å². The molecule has 15 heavy (non-hydrogen) atoms. The van der Waals surface area contributed by atoms with Crippen LogP contribution in [0.1, 0.15) is 30.8 Å². The Kier molecular flexibility index (Phi) is 4.96. The largest absolute Gasteiger partial charge is 0.419 e. The molecule has 0 aliphatic rings. The number of hydrogen-bond acceptors (Lipinski definition) is 3. The number of rotatable bonds is 2. The van der Waals surface area contributed by atoms with Gasteiger partial charge in [0.25, 0.3) is 0 Å². The van der Waals surface area contributed by atoms with Crippen LogP contribution in [0.2, 0.25) is 0 Å². The summed E-state index contributed by atoms with van der Waals surface area (Å²) in [5.41, 5.74) is 4.69. The summed E-state index contributed by atoms with van der Waals surface area (Å²) >= 11 is 0. The topological polar surface area (TPSA) is 51.8 Å². The van der Waals surface area contributed by atoms with Crippen molar-refractivity contribution in [2.24, 2.45) is 5.73 Å². The van der Waals surface area contributed by atoms with Gasteiger partial charge in [0.1, 0.15) is 5.82 Å². The van der Waals surface area contributed by atoms with Gasteiger partial charge in [-0.15, -0.1) is 12.4 Å². The van der Waals surface area contributed by atoms with Crippen molar-refractivity contribution in [1.29, 1.82) is 0 Å². The molecular formula is C8H11ClF3N3. The van der Waals surface area contributed by atoms with Crippen LogP contribution < -0.4 is 5.73 Å². The molecular weight excluding hydrogens is 231 g/mol. The van der Waals surface area contributed by atoms with Gasteiger partial charge in [-0.25, -0.2) is 9.97 Å². The van der Waals surface area contributed by atoms with Crippen LogP contribution in [-0.2, 0) is 6.18 Å². The third-order valence-corrected chi connectivity index (χ3v) is 1.77. The third-order valence-electron chi connectivity index (χ3n) is 1.77. The van der Waals surface area contributed by atoms with Gasteiger partial charge in [-0.3, -0.25) is 0 Å². The van der Waals surface area contributed by atoms with E-state index in [0.717, 1.165) is 12.4 Å². The maximum Gasteiger partial charge on any atom is 0.419 e. The second kappa shape index (κ2) is 5.27. The first kappa shape index (κ1) is 14.1. The van der Waals surface area contributed by atoms with Gasteiger partial charge in [0.05, 0.1) is 11.6 Å². The summed E-state index contributed by atoms with van der Waals surface area (Å²) in [5.74, 6) is 0.237. The van der Waals surface area contributed by atoms with Gasteiger partial charge in [0.15, 0.2) is 0 Å². The fraction of sp³-hybridized carbons (Fsp3) is 0.500. The van der Waals surface area contributed by atoms with E-state index in [0.29, 0.717) is 6.42 Å². The summed E-state index contributed by atoms with van der Waals surface area (Å²) in [4.78, 5) is 7.12. The van der Waals surface area contributed by atoms with Crippen molar-refractivity contribution >= 4 is 12.4 Å². The van der Waals surface area contributed by atoms with Gasteiger partial charge in [-0.05, 0) is 6.42 Å². The van der Waals surface area contributed by atoms with Crippen LogP contribution in [0.15, 0.2) is 12.4 Å². The Hall–Kier alpha value is -0.880. The van der Waals surface area contributed by atoms with E-state index in [9.17, 15) is 13.2 Å². The molecule has 0 saturated carbocycles. The SMILES string of the molecule is CC[C@@H](N)c1ncc(C(F)(F)F)cn1.Cl. The van der Waals surface area contributed by atoms with Gasteiger partial charge >= 0.3 is 6.18 Å². The van der Waals surface area contributed by atoms with Crippen molar-refractivity contribution < 1.29 is 13.2 Å². The van der Waals surface area contributed by atoms with Crippen molar-refractivity contribution in [2.75, 3.05) is 0 Å². The number of halogens is 4. The van der Waals surface area contributed by atoms with Gasteiger partial charge in [-0.2, -0.15) is 13.2 Å². The zero-order chi connectivity index (χ0) is 10.8. The molecule has 0 spiro atoms. The molecule has 0 saturated heterocycles. The number of hydrogen-bond donors (Lipinski definition) is 1. The predicted molar refractivity (Wildman–Crippen MR) is 51.5 cm³/mol. The Bertz CT molecular complexity index is 299. The molecule has 0 bridgehead atoms. The molecule has 1 atom stereocenters. The van der Waals surface area contributed by atoms with Crippen LogP contribution in [0.3, 0.4) is 0 Å². The van der Waals surface area contributed by atoms with Crippen LogP contribution in [0.4, 0.5) is 13.2 Å². The zero-order valence-corrected chi connectivity index (χ0v) is 8.77. The fourth-order valence-electron chi connectivity index (χ4n) is 0.858. The van der Waals surface area contributed by atoms with Crippen LogP contribution in [0, 0.1) is 0 Å². The molecule has 1 aromatic rings. The number of aromatic nitrogens is 2. The van der Waals surface area contributed by atoms with Gasteiger partial charge in [-0.1, -0.05) is 6.92 Å². The molecule has 0 aliphatic heterocycles. The first-order valence-corrected chi connectivity index (χ1v) is 4.10. The molecule has 0 radical (unpaired) electrons. The second-order valence-electron chi connectivity index (χ2n) is 2.84. The van der Waals surface area contributed by atoms with Crippen molar-refractivity contribution in [3.8, 4) is 0 Å². The van der Waals surface area contributed by atoms with Crippen molar-refractivity contribution in [2.45, 2.75) is 25.6 Å². The highest BCUT2D eigenvalue weighted by Crippen LogP contribution is 2.28. The fourth-order valence-corrected chi connectivity index (χ4v) is 0.858. The lowest BCUT2D eigenvalue weighted by Gasteiger charge is -2.09. The van der Waals surface area contributed by atoms with Crippen molar-refractivity contribution in [3.05, 3.63) is 23.8 Å². The van der Waals surface area contributed by atoms with Crippen molar-refractivity contribution in [3.63, 3.8) is 0 Å². The quantitative estimate of drug-likeness (QED) is 0.865. The van der Waals surface area contributed by atoms with E-state index < -0.39 is 17.8 Å². The average Bonchev–Trinajstić information content (AvgIpc) is 2.15. The molecule has 0 aliphatic carbocycles. The predicted octanol–water partition coefficient (Wildman–Crippen LogP) is 2.33. The van der Waals surface area contributed by atoms with E-state index in [2.05, 4.69) is 9.97 Å². The van der Waals surface area contributed by atoms with Gasteiger partial charge in [0, 0.05) is 12.4 Å². The smallest absolute Gasteiger partial charge is 0.321 e. The zero-order valence-electron chi connectivity index (χ0n) is 7.95. The monoisotopic (exact) mass is 241 g/mol. The molecule has 86 valence electrons. The van der Waals surface area contributed by atoms with E-state index in [-0.39, 0.29) is 18.2 Å². The lowest BCUT2D eigenvalue weighted by Crippen LogP contribution is -2.14. The average molecular weight is 242 g/mol. The Balaban J connectivity index is 0.00000196. The first-order valence-electron chi connectivity index (χ1n) is 4.10.